The quantitative estimate of drug-likeness (QED) is 0.693. The summed E-state index contributed by atoms with van der Waals surface area (Å²) in [6, 6.07) is 0. The first kappa shape index (κ1) is 16.8. The topological polar surface area (TPSA) is 84.9 Å². The molecule has 0 N–H and O–H groups in total. The zero-order valence-corrected chi connectivity index (χ0v) is 15.2. The second kappa shape index (κ2) is 6.10. The van der Waals surface area contributed by atoms with Gasteiger partial charge in [0, 0.05) is 19.3 Å². The second-order valence-electron chi connectivity index (χ2n) is 7.68. The van der Waals surface area contributed by atoms with Crippen molar-refractivity contribution in [2.45, 2.75) is 25.2 Å². The van der Waals surface area contributed by atoms with Gasteiger partial charge in [-0.05, 0) is 6.92 Å². The Morgan fingerprint density at radius 1 is 1.30 bits per heavy atom. The van der Waals surface area contributed by atoms with Crippen molar-refractivity contribution in [3.8, 4) is 0 Å². The van der Waals surface area contributed by atoms with Crippen LogP contribution in [0.2, 0.25) is 0 Å². The van der Waals surface area contributed by atoms with E-state index in [4.69, 9.17) is 9.47 Å². The van der Waals surface area contributed by atoms with Crippen LogP contribution in [0.25, 0.3) is 0 Å². The van der Waals surface area contributed by atoms with Crippen LogP contribution in [-0.2, 0) is 25.6 Å². The summed E-state index contributed by atoms with van der Waals surface area (Å²) in [5, 5.41) is 0. The van der Waals surface area contributed by atoms with Crippen molar-refractivity contribution in [1.82, 2.24) is 19.8 Å². The van der Waals surface area contributed by atoms with Gasteiger partial charge in [0.15, 0.2) is 0 Å². The standard InChI is InChI=1S/C19H22N4O4/c1-12-8-21-13(9-20-12)10-23-11-19-3-2-14(27-19)15(16(19)18(23)25)17(24)22-4-6-26-7-5-22/h2-3,8-9,14-16H,4-7,10-11H2,1H3/t14-,15+,16+,19-/m0/s1. The van der Waals surface area contributed by atoms with Gasteiger partial charge in [-0.1, -0.05) is 12.2 Å². The third-order valence-corrected chi connectivity index (χ3v) is 5.97. The molecule has 27 heavy (non-hydrogen) atoms. The first-order valence-electron chi connectivity index (χ1n) is 9.37. The van der Waals surface area contributed by atoms with Gasteiger partial charge in [0.25, 0.3) is 0 Å². The van der Waals surface area contributed by atoms with E-state index >= 15 is 0 Å². The lowest BCUT2D eigenvalue weighted by molar-refractivity contribution is -0.146. The Labute approximate surface area is 157 Å². The van der Waals surface area contributed by atoms with Crippen LogP contribution in [0.1, 0.15) is 11.4 Å². The molecular weight excluding hydrogens is 348 g/mol. The van der Waals surface area contributed by atoms with Crippen molar-refractivity contribution < 1.29 is 19.1 Å². The molecule has 0 saturated carbocycles. The van der Waals surface area contributed by atoms with E-state index < -0.39 is 17.4 Å². The fourth-order valence-electron chi connectivity index (χ4n) is 4.69. The molecule has 1 spiro atoms. The van der Waals surface area contributed by atoms with Crippen LogP contribution in [0, 0.1) is 18.8 Å². The first-order valence-corrected chi connectivity index (χ1v) is 9.37. The molecule has 0 aliphatic carbocycles. The summed E-state index contributed by atoms with van der Waals surface area (Å²) in [6.07, 6.45) is 7.00. The highest BCUT2D eigenvalue weighted by atomic mass is 16.5. The average Bonchev–Trinajstić information content (AvgIpc) is 3.32. The molecule has 0 aromatic carbocycles. The predicted octanol–water partition coefficient (Wildman–Crippen LogP) is -0.0742. The Morgan fingerprint density at radius 2 is 2.11 bits per heavy atom. The van der Waals surface area contributed by atoms with Crippen LogP contribution in [0.15, 0.2) is 24.5 Å². The molecule has 142 valence electrons. The van der Waals surface area contributed by atoms with E-state index in [0.717, 1.165) is 11.4 Å². The van der Waals surface area contributed by atoms with Crippen LogP contribution >= 0.6 is 0 Å². The molecule has 5 rings (SSSR count). The Morgan fingerprint density at radius 3 is 2.85 bits per heavy atom. The Bertz CT molecular complexity index is 804. The van der Waals surface area contributed by atoms with E-state index in [1.165, 1.54) is 0 Å². The number of hydrogen-bond acceptors (Lipinski definition) is 6. The van der Waals surface area contributed by atoms with Crippen LogP contribution < -0.4 is 0 Å². The van der Waals surface area contributed by atoms with Gasteiger partial charge in [-0.15, -0.1) is 0 Å². The van der Waals surface area contributed by atoms with E-state index in [1.54, 1.807) is 22.2 Å². The molecule has 1 aromatic rings. The lowest BCUT2D eigenvalue weighted by Gasteiger charge is -2.32. The minimum Gasteiger partial charge on any atom is -0.378 e. The molecule has 4 aliphatic rings. The van der Waals surface area contributed by atoms with Gasteiger partial charge in [-0.2, -0.15) is 0 Å². The molecule has 2 bridgehead atoms. The van der Waals surface area contributed by atoms with E-state index in [0.29, 0.717) is 39.4 Å². The van der Waals surface area contributed by atoms with Crippen molar-refractivity contribution >= 4 is 11.8 Å². The molecule has 2 amide bonds. The Hall–Kier alpha value is -2.32. The average molecular weight is 370 g/mol. The highest BCUT2D eigenvalue weighted by Gasteiger charge is 2.67. The maximum Gasteiger partial charge on any atom is 0.230 e. The second-order valence-corrected chi connectivity index (χ2v) is 7.68. The van der Waals surface area contributed by atoms with Crippen molar-refractivity contribution in [1.29, 1.82) is 0 Å². The largest absolute Gasteiger partial charge is 0.378 e. The highest BCUT2D eigenvalue weighted by Crippen LogP contribution is 2.52. The summed E-state index contributed by atoms with van der Waals surface area (Å²) in [6.45, 7) is 4.94. The number of aryl methyl sites for hydroxylation is 1. The number of carbonyl (C=O) groups excluding carboxylic acids is 2. The van der Waals surface area contributed by atoms with Gasteiger partial charge in [0.1, 0.15) is 5.60 Å². The van der Waals surface area contributed by atoms with Gasteiger partial charge in [0.2, 0.25) is 11.8 Å². The van der Waals surface area contributed by atoms with Gasteiger partial charge >= 0.3 is 0 Å². The first-order chi connectivity index (χ1) is 13.1. The van der Waals surface area contributed by atoms with Crippen molar-refractivity contribution in [3.63, 3.8) is 0 Å². The highest BCUT2D eigenvalue weighted by molar-refractivity contribution is 5.93. The zero-order valence-electron chi connectivity index (χ0n) is 15.2. The molecule has 0 unspecified atom stereocenters. The van der Waals surface area contributed by atoms with Crippen molar-refractivity contribution in [2.24, 2.45) is 11.8 Å². The number of nitrogens with zero attached hydrogens (tertiary/aromatic N) is 4. The summed E-state index contributed by atoms with van der Waals surface area (Å²) >= 11 is 0. The molecular formula is C19H22N4O4. The van der Waals surface area contributed by atoms with Crippen LogP contribution in [-0.4, -0.2) is 76.1 Å². The van der Waals surface area contributed by atoms with Gasteiger partial charge in [-0.25, -0.2) is 0 Å². The number of ether oxygens (including phenoxy) is 2. The maximum atomic E-state index is 13.2. The van der Waals surface area contributed by atoms with E-state index in [-0.39, 0.29) is 17.9 Å². The molecule has 3 fully saturated rings. The number of fused-ring (bicyclic) bond motifs is 1. The molecule has 8 nitrogen and oxygen atoms in total. The fraction of sp³-hybridized carbons (Fsp3) is 0.579. The Balaban J connectivity index is 1.38. The van der Waals surface area contributed by atoms with E-state index in [1.807, 2.05) is 19.1 Å². The summed E-state index contributed by atoms with van der Waals surface area (Å²) in [7, 11) is 0. The maximum absolute atomic E-state index is 13.2. The monoisotopic (exact) mass is 370 g/mol. The molecule has 0 radical (unpaired) electrons. The normalized spacial score (nSPS) is 34.4. The number of hydrogen-bond donors (Lipinski definition) is 0. The van der Waals surface area contributed by atoms with Crippen LogP contribution in [0.4, 0.5) is 0 Å². The van der Waals surface area contributed by atoms with Gasteiger partial charge < -0.3 is 19.3 Å². The molecule has 4 aliphatic heterocycles. The van der Waals surface area contributed by atoms with Crippen LogP contribution in [0.3, 0.4) is 0 Å². The SMILES string of the molecule is Cc1cnc(CN2C[C@]34C=C[C@H](O3)[C@@H](C(=O)N3CCOCC3)[C@@H]4C2=O)cn1. The fourth-order valence-corrected chi connectivity index (χ4v) is 4.69. The number of amides is 2. The number of morpholine rings is 1. The summed E-state index contributed by atoms with van der Waals surface area (Å²) in [5.41, 5.74) is 0.884. The lowest BCUT2D eigenvalue weighted by atomic mass is 9.76. The third-order valence-electron chi connectivity index (χ3n) is 5.97. The summed E-state index contributed by atoms with van der Waals surface area (Å²) < 4.78 is 11.5. The minimum absolute atomic E-state index is 0.00449. The number of likely N-dealkylation sites (tertiary alicyclic amines) is 1. The van der Waals surface area contributed by atoms with Gasteiger partial charge in [-0.3, -0.25) is 19.6 Å². The summed E-state index contributed by atoms with van der Waals surface area (Å²) in [4.78, 5) is 38.5. The van der Waals surface area contributed by atoms with E-state index in [9.17, 15) is 9.59 Å². The van der Waals surface area contributed by atoms with Crippen LogP contribution in [0.5, 0.6) is 0 Å². The lowest BCUT2D eigenvalue weighted by Crippen LogP contribution is -2.49. The molecule has 1 aromatic heterocycles. The van der Waals surface area contributed by atoms with Crippen molar-refractivity contribution in [3.05, 3.63) is 35.9 Å². The van der Waals surface area contributed by atoms with Crippen molar-refractivity contribution in [2.75, 3.05) is 32.8 Å². The smallest absolute Gasteiger partial charge is 0.230 e. The zero-order chi connectivity index (χ0) is 18.6. The minimum atomic E-state index is -0.688. The van der Waals surface area contributed by atoms with E-state index in [2.05, 4.69) is 9.97 Å². The number of aromatic nitrogens is 2. The predicted molar refractivity (Wildman–Crippen MR) is 93.3 cm³/mol. The van der Waals surface area contributed by atoms with Gasteiger partial charge in [0.05, 0.1) is 61.8 Å². The third kappa shape index (κ3) is 2.58. The molecule has 8 heteroatoms. The number of rotatable bonds is 3. The molecule has 5 heterocycles. The Kier molecular flexibility index (Phi) is 3.80. The molecule has 4 atom stereocenters. The molecule has 3 saturated heterocycles. The number of carbonyl (C=O) groups is 2. The summed E-state index contributed by atoms with van der Waals surface area (Å²) in [5.74, 6) is -0.934.